The number of ether oxygens (including phenoxy) is 2. The summed E-state index contributed by atoms with van der Waals surface area (Å²) in [6.45, 7) is 6.05. The number of aryl methyl sites for hydroxylation is 2. The number of benzene rings is 2. The van der Waals surface area contributed by atoms with E-state index in [4.69, 9.17) is 9.47 Å². The summed E-state index contributed by atoms with van der Waals surface area (Å²) in [5.41, 5.74) is 4.19. The molecule has 0 unspecified atom stereocenters. The quantitative estimate of drug-likeness (QED) is 0.661. The van der Waals surface area contributed by atoms with Gasteiger partial charge in [-0.25, -0.2) is 0 Å². The van der Waals surface area contributed by atoms with E-state index in [9.17, 15) is 4.79 Å². The van der Waals surface area contributed by atoms with Gasteiger partial charge in [0.25, 0.3) is 0 Å². The largest absolute Gasteiger partial charge is 0.493 e. The predicted octanol–water partition coefficient (Wildman–Crippen LogP) is 2.85. The Kier molecular flexibility index (Phi) is 6.11. The Bertz CT molecular complexity index is 1020. The van der Waals surface area contributed by atoms with Gasteiger partial charge in [-0.2, -0.15) is 4.80 Å². The summed E-state index contributed by atoms with van der Waals surface area (Å²) in [7, 11) is 3.14. The van der Waals surface area contributed by atoms with Gasteiger partial charge in [-0.1, -0.05) is 18.2 Å². The third-order valence-corrected chi connectivity index (χ3v) is 4.79. The number of carbonyl (C=O) groups excluding carboxylic acids is 1. The molecule has 1 aromatic heterocycles. The monoisotopic (exact) mass is 395 g/mol. The highest BCUT2D eigenvalue weighted by Gasteiger charge is 2.14. The first kappa shape index (κ1) is 20.3. The lowest BCUT2D eigenvalue weighted by molar-refractivity contribution is -0.122. The van der Waals surface area contributed by atoms with Crippen molar-refractivity contribution in [1.82, 2.24) is 25.5 Å². The molecule has 0 bridgehead atoms. The van der Waals surface area contributed by atoms with Crippen LogP contribution in [0.5, 0.6) is 11.5 Å². The number of amides is 1. The van der Waals surface area contributed by atoms with Crippen molar-refractivity contribution in [3.05, 3.63) is 53.1 Å². The van der Waals surface area contributed by atoms with Gasteiger partial charge in [-0.05, 0) is 60.9 Å². The van der Waals surface area contributed by atoms with Crippen LogP contribution >= 0.6 is 0 Å². The molecule has 3 aromatic rings. The van der Waals surface area contributed by atoms with Crippen molar-refractivity contribution in [3.8, 4) is 22.9 Å². The highest BCUT2D eigenvalue weighted by molar-refractivity contribution is 5.76. The Labute approximate surface area is 169 Å². The summed E-state index contributed by atoms with van der Waals surface area (Å²) >= 11 is 0. The van der Waals surface area contributed by atoms with Crippen LogP contribution in [0.15, 0.2) is 36.4 Å². The van der Waals surface area contributed by atoms with E-state index >= 15 is 0 Å². The van der Waals surface area contributed by atoms with Gasteiger partial charge in [0.15, 0.2) is 11.5 Å². The lowest BCUT2D eigenvalue weighted by Gasteiger charge is -2.15. The van der Waals surface area contributed by atoms with Crippen molar-refractivity contribution in [2.24, 2.45) is 0 Å². The first-order valence-corrected chi connectivity index (χ1v) is 9.28. The van der Waals surface area contributed by atoms with E-state index in [1.165, 1.54) is 15.9 Å². The molecule has 1 heterocycles. The van der Waals surface area contributed by atoms with Crippen LogP contribution in [0.3, 0.4) is 0 Å². The number of carbonyl (C=O) groups is 1. The Morgan fingerprint density at radius 3 is 2.52 bits per heavy atom. The highest BCUT2D eigenvalue weighted by atomic mass is 16.5. The number of rotatable bonds is 7. The molecule has 0 aliphatic rings. The Morgan fingerprint density at radius 1 is 1.07 bits per heavy atom. The standard InChI is InChI=1S/C21H25N5O3/c1-13-6-7-16(10-14(13)2)15(3)22-20(27)12-26-24-21(23-25-26)17-8-9-18(28-4)19(11-17)29-5/h6-11,15H,12H2,1-5H3,(H,22,27)/t15-/m0/s1. The first-order chi connectivity index (χ1) is 13.9. The fourth-order valence-electron chi connectivity index (χ4n) is 2.93. The summed E-state index contributed by atoms with van der Waals surface area (Å²) in [4.78, 5) is 13.7. The molecule has 0 aliphatic carbocycles. The zero-order chi connectivity index (χ0) is 21.0. The molecule has 8 nitrogen and oxygen atoms in total. The number of nitrogens with one attached hydrogen (secondary N) is 1. The summed E-state index contributed by atoms with van der Waals surface area (Å²) < 4.78 is 10.5. The second-order valence-corrected chi connectivity index (χ2v) is 6.85. The molecular formula is C21H25N5O3. The minimum absolute atomic E-state index is 0.0184. The van der Waals surface area contributed by atoms with Gasteiger partial charge >= 0.3 is 0 Å². The van der Waals surface area contributed by atoms with E-state index in [0.717, 1.165) is 11.1 Å². The second-order valence-electron chi connectivity index (χ2n) is 6.85. The van der Waals surface area contributed by atoms with Crippen LogP contribution in [0.1, 0.15) is 29.7 Å². The van der Waals surface area contributed by atoms with Gasteiger partial charge in [0.05, 0.1) is 20.3 Å². The molecule has 1 amide bonds. The average molecular weight is 395 g/mol. The SMILES string of the molecule is COc1ccc(-c2nnn(CC(=O)N[C@@H](C)c3ccc(C)c(C)c3)n2)cc1OC. The van der Waals surface area contributed by atoms with Crippen molar-refractivity contribution < 1.29 is 14.3 Å². The molecule has 1 N–H and O–H groups in total. The van der Waals surface area contributed by atoms with E-state index in [0.29, 0.717) is 17.3 Å². The lowest BCUT2D eigenvalue weighted by atomic mass is 10.0. The van der Waals surface area contributed by atoms with Crippen molar-refractivity contribution in [3.63, 3.8) is 0 Å². The molecule has 8 heteroatoms. The van der Waals surface area contributed by atoms with Crippen LogP contribution in [0, 0.1) is 13.8 Å². The van der Waals surface area contributed by atoms with Crippen LogP contribution < -0.4 is 14.8 Å². The predicted molar refractivity (Wildman–Crippen MR) is 109 cm³/mol. The second kappa shape index (κ2) is 8.72. The van der Waals surface area contributed by atoms with Gasteiger partial charge in [0, 0.05) is 5.56 Å². The number of aromatic nitrogens is 4. The molecule has 152 valence electrons. The molecule has 1 atom stereocenters. The minimum atomic E-state index is -0.188. The van der Waals surface area contributed by atoms with Crippen molar-refractivity contribution >= 4 is 5.91 Å². The third-order valence-electron chi connectivity index (χ3n) is 4.79. The zero-order valence-corrected chi connectivity index (χ0v) is 17.3. The number of hydrogen-bond acceptors (Lipinski definition) is 6. The van der Waals surface area contributed by atoms with E-state index in [1.54, 1.807) is 26.4 Å². The fourth-order valence-corrected chi connectivity index (χ4v) is 2.93. The van der Waals surface area contributed by atoms with Crippen LogP contribution in [0.2, 0.25) is 0 Å². The molecule has 0 fully saturated rings. The summed E-state index contributed by atoms with van der Waals surface area (Å²) in [5, 5.41) is 15.3. The summed E-state index contributed by atoms with van der Waals surface area (Å²) in [6.07, 6.45) is 0. The normalized spacial score (nSPS) is 11.8. The molecule has 0 saturated carbocycles. The van der Waals surface area contributed by atoms with Crippen LogP contribution in [0.4, 0.5) is 0 Å². The average Bonchev–Trinajstić information content (AvgIpc) is 3.17. The van der Waals surface area contributed by atoms with Crippen LogP contribution in [-0.4, -0.2) is 40.3 Å². The molecule has 0 radical (unpaired) electrons. The molecule has 0 spiro atoms. The maximum atomic E-state index is 12.4. The van der Waals surface area contributed by atoms with Gasteiger partial charge in [0.2, 0.25) is 11.7 Å². The first-order valence-electron chi connectivity index (χ1n) is 9.28. The Hall–Kier alpha value is -3.42. The number of methoxy groups -OCH3 is 2. The Balaban J connectivity index is 1.66. The van der Waals surface area contributed by atoms with Crippen LogP contribution in [-0.2, 0) is 11.3 Å². The van der Waals surface area contributed by atoms with Gasteiger partial charge in [-0.3, -0.25) is 4.79 Å². The number of nitrogens with zero attached hydrogens (tertiary/aromatic N) is 4. The minimum Gasteiger partial charge on any atom is -0.493 e. The van der Waals surface area contributed by atoms with Crippen molar-refractivity contribution in [2.45, 2.75) is 33.4 Å². The molecular weight excluding hydrogens is 370 g/mol. The topological polar surface area (TPSA) is 91.2 Å². The van der Waals surface area contributed by atoms with Gasteiger partial charge < -0.3 is 14.8 Å². The van der Waals surface area contributed by atoms with Crippen molar-refractivity contribution in [1.29, 1.82) is 0 Å². The number of tetrazole rings is 1. The van der Waals surface area contributed by atoms with E-state index in [1.807, 2.05) is 19.1 Å². The maximum Gasteiger partial charge on any atom is 0.244 e. The fraction of sp³-hybridized carbons (Fsp3) is 0.333. The Morgan fingerprint density at radius 2 is 1.83 bits per heavy atom. The molecule has 0 aliphatic heterocycles. The van der Waals surface area contributed by atoms with E-state index in [2.05, 4.69) is 46.7 Å². The zero-order valence-electron chi connectivity index (χ0n) is 17.3. The summed E-state index contributed by atoms with van der Waals surface area (Å²) in [5.74, 6) is 1.40. The van der Waals surface area contributed by atoms with Gasteiger partial charge in [-0.15, -0.1) is 10.2 Å². The van der Waals surface area contributed by atoms with Crippen molar-refractivity contribution in [2.75, 3.05) is 14.2 Å². The van der Waals surface area contributed by atoms with E-state index < -0.39 is 0 Å². The molecule has 0 saturated heterocycles. The molecule has 2 aromatic carbocycles. The van der Waals surface area contributed by atoms with Gasteiger partial charge in [0.1, 0.15) is 6.54 Å². The maximum absolute atomic E-state index is 12.4. The summed E-state index contributed by atoms with van der Waals surface area (Å²) in [6, 6.07) is 11.4. The smallest absolute Gasteiger partial charge is 0.244 e. The molecule has 3 rings (SSSR count). The third kappa shape index (κ3) is 4.71. The highest BCUT2D eigenvalue weighted by Crippen LogP contribution is 2.30. The lowest BCUT2D eigenvalue weighted by Crippen LogP contribution is -2.30. The number of hydrogen-bond donors (Lipinski definition) is 1. The van der Waals surface area contributed by atoms with Crippen LogP contribution in [0.25, 0.3) is 11.4 Å². The van der Waals surface area contributed by atoms with E-state index in [-0.39, 0.29) is 18.5 Å². The molecule has 29 heavy (non-hydrogen) atoms.